The summed E-state index contributed by atoms with van der Waals surface area (Å²) in [5, 5.41) is 0. The summed E-state index contributed by atoms with van der Waals surface area (Å²) in [5.41, 5.74) is 0. The molecule has 0 aromatic rings. The minimum absolute atomic E-state index is 0.499. The Morgan fingerprint density at radius 1 is 1.38 bits per heavy atom. The third-order valence-electron chi connectivity index (χ3n) is 2.01. The molecule has 0 spiro atoms. The molecule has 2 atom stereocenters. The van der Waals surface area contributed by atoms with Crippen molar-refractivity contribution in [1.29, 1.82) is 0 Å². The van der Waals surface area contributed by atoms with Crippen LogP contribution in [-0.2, 0) is 9.47 Å². The summed E-state index contributed by atoms with van der Waals surface area (Å²) in [6.45, 7) is 0. The second-order valence-corrected chi connectivity index (χ2v) is 2.54. The van der Waals surface area contributed by atoms with Crippen LogP contribution in [0.4, 0.5) is 0 Å². The van der Waals surface area contributed by atoms with E-state index < -0.39 is 0 Å². The van der Waals surface area contributed by atoms with Gasteiger partial charge in [-0.1, -0.05) is 0 Å². The maximum Gasteiger partial charge on any atom is 0.0867 e. The molecule has 2 aliphatic rings. The van der Waals surface area contributed by atoms with Crippen molar-refractivity contribution in [2.75, 3.05) is 7.11 Å². The maximum absolute atomic E-state index is 5.20. The van der Waals surface area contributed by atoms with Gasteiger partial charge in [0.2, 0.25) is 0 Å². The second-order valence-electron chi connectivity index (χ2n) is 2.54. The molecule has 8 heavy (non-hydrogen) atoms. The van der Waals surface area contributed by atoms with Crippen LogP contribution >= 0.6 is 0 Å². The molecule has 2 nitrogen and oxygen atoms in total. The second kappa shape index (κ2) is 1.45. The Bertz CT molecular complexity index is 92.7. The number of ether oxygens (including phenoxy) is 2. The number of fused-ring (bicyclic) bond motifs is 1. The topological polar surface area (TPSA) is 21.8 Å². The van der Waals surface area contributed by atoms with Crippen molar-refractivity contribution in [3.8, 4) is 0 Å². The minimum atomic E-state index is 0.499. The number of methoxy groups -OCH3 is 1. The zero-order valence-corrected chi connectivity index (χ0v) is 4.96. The molecule has 1 aliphatic carbocycles. The molecular weight excluding hydrogens is 104 g/mol. The number of rotatable bonds is 1. The molecule has 1 aliphatic heterocycles. The zero-order chi connectivity index (χ0) is 5.56. The van der Waals surface area contributed by atoms with Crippen molar-refractivity contribution in [2.45, 2.75) is 31.2 Å². The highest BCUT2D eigenvalue weighted by atomic mass is 16.6. The molecule has 2 heteroatoms. The van der Waals surface area contributed by atoms with Crippen LogP contribution in [0.2, 0.25) is 0 Å². The summed E-state index contributed by atoms with van der Waals surface area (Å²) in [5.74, 6) is 0. The Labute approximate surface area is 48.8 Å². The van der Waals surface area contributed by atoms with E-state index in [-0.39, 0.29) is 0 Å². The van der Waals surface area contributed by atoms with Crippen molar-refractivity contribution in [1.82, 2.24) is 0 Å². The predicted octanol–water partition coefficient (Wildman–Crippen LogP) is 0.563. The van der Waals surface area contributed by atoms with Crippen LogP contribution in [0, 0.1) is 0 Å². The third-order valence-corrected chi connectivity index (χ3v) is 2.01. The van der Waals surface area contributed by atoms with Gasteiger partial charge in [-0.25, -0.2) is 0 Å². The molecule has 1 saturated heterocycles. The quantitative estimate of drug-likeness (QED) is 0.465. The summed E-state index contributed by atoms with van der Waals surface area (Å²) < 4.78 is 10.3. The van der Waals surface area contributed by atoms with Gasteiger partial charge in [-0.2, -0.15) is 0 Å². The maximum atomic E-state index is 5.20. The highest BCUT2D eigenvalue weighted by Gasteiger charge is 2.47. The fourth-order valence-corrected chi connectivity index (χ4v) is 1.40. The van der Waals surface area contributed by atoms with Crippen LogP contribution in [0.1, 0.15) is 12.8 Å². The summed E-state index contributed by atoms with van der Waals surface area (Å²) in [6.07, 6.45) is 3.89. The average molecular weight is 114 g/mol. The molecular formula is C6H10O2. The molecule has 0 N–H and O–H groups in total. The first kappa shape index (κ1) is 4.77. The number of hydrogen-bond donors (Lipinski definition) is 0. The molecule has 2 rings (SSSR count). The summed E-state index contributed by atoms with van der Waals surface area (Å²) in [7, 11) is 1.77. The van der Waals surface area contributed by atoms with Crippen LogP contribution in [-0.4, -0.2) is 25.4 Å². The normalized spacial score (nSPS) is 44.6. The Balaban J connectivity index is 1.89. The number of hydrogen-bond acceptors (Lipinski definition) is 2. The van der Waals surface area contributed by atoms with Gasteiger partial charge >= 0.3 is 0 Å². The van der Waals surface area contributed by atoms with Crippen LogP contribution in [0.5, 0.6) is 0 Å². The molecule has 1 heterocycles. The van der Waals surface area contributed by atoms with Gasteiger partial charge in [0.1, 0.15) is 0 Å². The molecule has 46 valence electrons. The first-order valence-corrected chi connectivity index (χ1v) is 3.08. The zero-order valence-electron chi connectivity index (χ0n) is 4.96. The van der Waals surface area contributed by atoms with E-state index in [1.54, 1.807) is 7.11 Å². The molecule has 0 aromatic carbocycles. The van der Waals surface area contributed by atoms with Crippen molar-refractivity contribution in [3.63, 3.8) is 0 Å². The van der Waals surface area contributed by atoms with E-state index in [1.807, 2.05) is 0 Å². The lowest BCUT2D eigenvalue weighted by molar-refractivity contribution is 0.0745. The van der Waals surface area contributed by atoms with E-state index in [2.05, 4.69) is 0 Å². The van der Waals surface area contributed by atoms with Crippen LogP contribution in [0.3, 0.4) is 0 Å². The molecule has 0 aromatic heterocycles. The van der Waals surface area contributed by atoms with Crippen LogP contribution < -0.4 is 0 Å². The molecule has 0 unspecified atom stereocenters. The molecule has 0 bridgehead atoms. The molecule has 0 radical (unpaired) electrons. The van der Waals surface area contributed by atoms with Gasteiger partial charge in [0.05, 0.1) is 18.3 Å². The Morgan fingerprint density at radius 3 is 2.38 bits per heavy atom. The lowest BCUT2D eigenvalue weighted by Gasteiger charge is -2.06. The standard InChI is InChI=1S/C6H10O2/c1-7-4-2-5-6(3-4)8-5/h4-6H,2-3H2,1H3/t5-,6-/m1/s1. The smallest absolute Gasteiger partial charge is 0.0867 e. The van der Waals surface area contributed by atoms with E-state index in [0.717, 1.165) is 12.8 Å². The van der Waals surface area contributed by atoms with E-state index in [0.29, 0.717) is 18.3 Å². The van der Waals surface area contributed by atoms with Gasteiger partial charge in [0.15, 0.2) is 0 Å². The first-order valence-electron chi connectivity index (χ1n) is 3.08. The minimum Gasteiger partial charge on any atom is -0.381 e. The van der Waals surface area contributed by atoms with Crippen molar-refractivity contribution in [2.24, 2.45) is 0 Å². The Morgan fingerprint density at radius 2 is 2.00 bits per heavy atom. The fourth-order valence-electron chi connectivity index (χ4n) is 1.40. The van der Waals surface area contributed by atoms with E-state index in [1.165, 1.54) is 0 Å². The summed E-state index contributed by atoms with van der Waals surface area (Å²) in [4.78, 5) is 0. The van der Waals surface area contributed by atoms with Gasteiger partial charge in [-0.3, -0.25) is 0 Å². The van der Waals surface area contributed by atoms with E-state index in [9.17, 15) is 0 Å². The van der Waals surface area contributed by atoms with Gasteiger partial charge in [-0.15, -0.1) is 0 Å². The predicted molar refractivity (Wildman–Crippen MR) is 28.7 cm³/mol. The van der Waals surface area contributed by atoms with Crippen LogP contribution in [0.25, 0.3) is 0 Å². The highest BCUT2D eigenvalue weighted by molar-refractivity contribution is 4.96. The van der Waals surface area contributed by atoms with E-state index in [4.69, 9.17) is 9.47 Å². The van der Waals surface area contributed by atoms with Crippen molar-refractivity contribution in [3.05, 3.63) is 0 Å². The highest BCUT2D eigenvalue weighted by Crippen LogP contribution is 2.39. The molecule has 1 saturated carbocycles. The third kappa shape index (κ3) is 0.565. The van der Waals surface area contributed by atoms with E-state index >= 15 is 0 Å². The Hall–Kier alpha value is -0.0800. The van der Waals surface area contributed by atoms with Gasteiger partial charge < -0.3 is 9.47 Å². The van der Waals surface area contributed by atoms with Gasteiger partial charge in [-0.05, 0) is 0 Å². The number of epoxide rings is 1. The largest absolute Gasteiger partial charge is 0.381 e. The molecule has 0 amide bonds. The molecule has 2 fully saturated rings. The monoisotopic (exact) mass is 114 g/mol. The SMILES string of the molecule is COC1C[C@H]2O[C@@H]2C1. The lowest BCUT2D eigenvalue weighted by atomic mass is 10.3. The first-order chi connectivity index (χ1) is 3.90. The van der Waals surface area contributed by atoms with Crippen LogP contribution in [0.15, 0.2) is 0 Å². The van der Waals surface area contributed by atoms with Gasteiger partial charge in [0.25, 0.3) is 0 Å². The summed E-state index contributed by atoms with van der Waals surface area (Å²) in [6, 6.07) is 0. The summed E-state index contributed by atoms with van der Waals surface area (Å²) >= 11 is 0. The average Bonchev–Trinajstić information content (AvgIpc) is 2.40. The fraction of sp³-hybridized carbons (Fsp3) is 1.00. The Kier molecular flexibility index (Phi) is 0.866. The van der Waals surface area contributed by atoms with Crippen molar-refractivity contribution < 1.29 is 9.47 Å². The van der Waals surface area contributed by atoms with Gasteiger partial charge in [0, 0.05) is 20.0 Å². The van der Waals surface area contributed by atoms with Crippen molar-refractivity contribution >= 4 is 0 Å². The lowest BCUT2D eigenvalue weighted by Crippen LogP contribution is -2.07.